The molecule has 1 aromatic heterocycles. The number of halogens is 1. The second-order valence-corrected chi connectivity index (χ2v) is 4.25. The van der Waals surface area contributed by atoms with Crippen molar-refractivity contribution in [1.29, 1.82) is 0 Å². The number of nitrogens with two attached hydrogens (primary N) is 1. The predicted molar refractivity (Wildman–Crippen MR) is 63.6 cm³/mol. The van der Waals surface area contributed by atoms with E-state index in [1.165, 1.54) is 24.9 Å². The second-order valence-electron chi connectivity index (χ2n) is 2.67. The third kappa shape index (κ3) is 4.31. The largest absolute Gasteiger partial charge is 0.382 e. The fourth-order valence-corrected chi connectivity index (χ4v) is 1.41. The van der Waals surface area contributed by atoms with Crippen molar-refractivity contribution in [1.82, 2.24) is 9.97 Å². The number of anilines is 1. The molecule has 1 rings (SSSR count). The zero-order chi connectivity index (χ0) is 11.3. The average Bonchev–Trinajstić information content (AvgIpc) is 2.14. The van der Waals surface area contributed by atoms with Gasteiger partial charge < -0.3 is 5.73 Å². The summed E-state index contributed by atoms with van der Waals surface area (Å²) in [6.45, 7) is 1.52. The van der Waals surface area contributed by atoms with Crippen LogP contribution in [0, 0.1) is 0 Å². The summed E-state index contributed by atoms with van der Waals surface area (Å²) >= 11 is 6.81. The zero-order valence-electron chi connectivity index (χ0n) is 8.11. The van der Waals surface area contributed by atoms with Gasteiger partial charge in [0.25, 0.3) is 0 Å². The summed E-state index contributed by atoms with van der Waals surface area (Å²) < 4.78 is 0. The summed E-state index contributed by atoms with van der Waals surface area (Å²) in [6, 6.07) is 0. The first-order chi connectivity index (χ1) is 7.09. The summed E-state index contributed by atoms with van der Waals surface area (Å²) in [4.78, 5) is 18.5. The maximum absolute atomic E-state index is 10.6. The lowest BCUT2D eigenvalue weighted by Crippen LogP contribution is -1.96. The second kappa shape index (κ2) is 5.72. The number of nitrogens with zero attached hydrogens (tertiary/aromatic N) is 2. The van der Waals surface area contributed by atoms with Gasteiger partial charge in [0.15, 0.2) is 10.9 Å². The van der Waals surface area contributed by atoms with Crippen LogP contribution in [0.1, 0.15) is 12.6 Å². The van der Waals surface area contributed by atoms with Gasteiger partial charge in [-0.05, 0) is 6.08 Å². The molecule has 0 spiro atoms. The Balaban J connectivity index is 2.60. The van der Waals surface area contributed by atoms with Gasteiger partial charge in [-0.15, -0.1) is 0 Å². The van der Waals surface area contributed by atoms with Crippen molar-refractivity contribution >= 4 is 40.4 Å². The monoisotopic (exact) mass is 243 g/mol. The van der Waals surface area contributed by atoms with E-state index in [0.717, 1.165) is 0 Å². The third-order valence-corrected chi connectivity index (χ3v) is 2.41. The van der Waals surface area contributed by atoms with E-state index in [9.17, 15) is 4.79 Å². The molecule has 0 aliphatic carbocycles. The maximum Gasteiger partial charge on any atom is 0.186 e. The lowest BCUT2D eigenvalue weighted by molar-refractivity contribution is -0.109. The smallest absolute Gasteiger partial charge is 0.186 e. The van der Waals surface area contributed by atoms with Crippen LogP contribution < -0.4 is 5.73 Å². The predicted octanol–water partition coefficient (Wildman–Crippen LogP) is 2.01. The molecule has 6 heteroatoms. The Morgan fingerprint density at radius 3 is 3.07 bits per heavy atom. The molecule has 0 amide bonds. The fraction of sp³-hybridized carbons (Fsp3) is 0.222. The van der Waals surface area contributed by atoms with Crippen molar-refractivity contribution in [2.24, 2.45) is 0 Å². The number of aromatic nitrogens is 2. The first-order valence-electron chi connectivity index (χ1n) is 4.17. The Hall–Kier alpha value is -1.07. The number of hydrogen-bond donors (Lipinski definition) is 1. The van der Waals surface area contributed by atoms with Crippen LogP contribution in [0.15, 0.2) is 12.3 Å². The van der Waals surface area contributed by atoms with Crippen molar-refractivity contribution in [2.45, 2.75) is 6.92 Å². The SMILES string of the molecule is CC(=O)SCC=Cc1ncc(Cl)nc1N. The highest BCUT2D eigenvalue weighted by molar-refractivity contribution is 8.13. The summed E-state index contributed by atoms with van der Waals surface area (Å²) in [7, 11) is 0. The molecular weight excluding hydrogens is 234 g/mol. The fourth-order valence-electron chi connectivity index (χ4n) is 0.844. The van der Waals surface area contributed by atoms with Crippen LogP contribution in [-0.4, -0.2) is 20.8 Å². The molecule has 2 N–H and O–H groups in total. The third-order valence-electron chi connectivity index (χ3n) is 1.46. The molecule has 0 atom stereocenters. The summed E-state index contributed by atoms with van der Waals surface area (Å²) in [5.41, 5.74) is 6.14. The molecule has 0 aliphatic rings. The van der Waals surface area contributed by atoms with E-state index in [4.69, 9.17) is 17.3 Å². The zero-order valence-corrected chi connectivity index (χ0v) is 9.68. The van der Waals surface area contributed by atoms with Gasteiger partial charge in [0.2, 0.25) is 0 Å². The quantitative estimate of drug-likeness (QED) is 0.880. The number of rotatable bonds is 3. The summed E-state index contributed by atoms with van der Waals surface area (Å²) in [6.07, 6.45) is 4.95. The molecule has 80 valence electrons. The van der Waals surface area contributed by atoms with E-state index in [1.807, 2.05) is 0 Å². The lowest BCUT2D eigenvalue weighted by atomic mass is 10.4. The minimum absolute atomic E-state index is 0.0785. The van der Waals surface area contributed by atoms with Crippen LogP contribution in [0.2, 0.25) is 5.15 Å². The van der Waals surface area contributed by atoms with Crippen molar-refractivity contribution in [3.8, 4) is 0 Å². The van der Waals surface area contributed by atoms with Gasteiger partial charge in [-0.3, -0.25) is 4.79 Å². The molecule has 0 bridgehead atoms. The van der Waals surface area contributed by atoms with Gasteiger partial charge in [0.1, 0.15) is 10.8 Å². The first-order valence-corrected chi connectivity index (χ1v) is 5.54. The molecule has 1 aromatic rings. The van der Waals surface area contributed by atoms with E-state index >= 15 is 0 Å². The van der Waals surface area contributed by atoms with Crippen LogP contribution >= 0.6 is 23.4 Å². The lowest BCUT2D eigenvalue weighted by Gasteiger charge is -1.97. The van der Waals surface area contributed by atoms with Crippen LogP contribution in [0.3, 0.4) is 0 Å². The normalized spacial score (nSPS) is 10.8. The van der Waals surface area contributed by atoms with Gasteiger partial charge in [0.05, 0.1) is 6.20 Å². The minimum Gasteiger partial charge on any atom is -0.382 e. The Bertz CT molecular complexity index is 395. The first kappa shape index (κ1) is 12.0. The molecule has 0 aliphatic heterocycles. The highest BCUT2D eigenvalue weighted by Gasteiger charge is 1.99. The van der Waals surface area contributed by atoms with Gasteiger partial charge >= 0.3 is 0 Å². The van der Waals surface area contributed by atoms with Crippen LogP contribution in [0.25, 0.3) is 6.08 Å². The molecule has 0 aromatic carbocycles. The minimum atomic E-state index is 0.0785. The van der Waals surface area contributed by atoms with Crippen LogP contribution in [-0.2, 0) is 4.79 Å². The molecule has 0 fully saturated rings. The molecule has 1 heterocycles. The summed E-state index contributed by atoms with van der Waals surface area (Å²) in [5.74, 6) is 0.880. The van der Waals surface area contributed by atoms with Crippen molar-refractivity contribution in [3.05, 3.63) is 23.1 Å². The van der Waals surface area contributed by atoms with Gasteiger partial charge in [0, 0.05) is 12.7 Å². The molecular formula is C9H10ClN3OS. The van der Waals surface area contributed by atoms with E-state index < -0.39 is 0 Å². The number of carbonyl (C=O) groups excluding carboxylic acids is 1. The Labute approximate surface area is 96.9 Å². The number of hydrogen-bond acceptors (Lipinski definition) is 5. The highest BCUT2D eigenvalue weighted by Crippen LogP contribution is 2.12. The number of thioether (sulfide) groups is 1. The number of nitrogen functional groups attached to an aromatic ring is 1. The standard InChI is InChI=1S/C9H10ClN3OS/c1-6(14)15-4-2-3-7-9(11)13-8(10)5-12-7/h2-3,5H,4H2,1H3,(H2,11,13). The number of carbonyl (C=O) groups is 1. The van der Waals surface area contributed by atoms with Crippen LogP contribution in [0.5, 0.6) is 0 Å². The Kier molecular flexibility index (Phi) is 4.58. The van der Waals surface area contributed by atoms with Crippen molar-refractivity contribution < 1.29 is 4.79 Å². The summed E-state index contributed by atoms with van der Waals surface area (Å²) in [5, 5.41) is 0.345. The Morgan fingerprint density at radius 2 is 2.47 bits per heavy atom. The molecule has 4 nitrogen and oxygen atoms in total. The maximum atomic E-state index is 10.6. The molecule has 0 radical (unpaired) electrons. The van der Waals surface area contributed by atoms with Crippen molar-refractivity contribution in [3.63, 3.8) is 0 Å². The molecule has 0 saturated carbocycles. The molecule has 0 unspecified atom stereocenters. The molecule has 0 saturated heterocycles. The van der Waals surface area contributed by atoms with Gasteiger partial charge in [-0.25, -0.2) is 9.97 Å². The average molecular weight is 244 g/mol. The molecule has 15 heavy (non-hydrogen) atoms. The van der Waals surface area contributed by atoms with Crippen LogP contribution in [0.4, 0.5) is 5.82 Å². The van der Waals surface area contributed by atoms with Crippen molar-refractivity contribution in [2.75, 3.05) is 11.5 Å². The van der Waals surface area contributed by atoms with Gasteiger partial charge in [-0.1, -0.05) is 29.4 Å². The van der Waals surface area contributed by atoms with E-state index in [-0.39, 0.29) is 16.1 Å². The van der Waals surface area contributed by atoms with E-state index in [0.29, 0.717) is 11.4 Å². The van der Waals surface area contributed by atoms with E-state index in [2.05, 4.69) is 9.97 Å². The highest BCUT2D eigenvalue weighted by atomic mass is 35.5. The van der Waals surface area contributed by atoms with Gasteiger partial charge in [-0.2, -0.15) is 0 Å². The topological polar surface area (TPSA) is 68.9 Å². The Morgan fingerprint density at radius 1 is 1.73 bits per heavy atom. The van der Waals surface area contributed by atoms with E-state index in [1.54, 1.807) is 12.2 Å².